The van der Waals surface area contributed by atoms with E-state index in [0.717, 1.165) is 42.9 Å². The Labute approximate surface area is 159 Å². The molecule has 3 nitrogen and oxygen atoms in total. The lowest BCUT2D eigenvalue weighted by Gasteiger charge is -2.57. The van der Waals surface area contributed by atoms with Gasteiger partial charge in [0.1, 0.15) is 5.78 Å². The average molecular weight is 363 g/mol. The minimum atomic E-state index is -0.585. The highest BCUT2D eigenvalue weighted by atomic mass is 16.5. The van der Waals surface area contributed by atoms with Crippen LogP contribution in [-0.2, 0) is 9.53 Å². The number of aliphatic hydroxyl groups is 1. The Hall–Kier alpha value is -0.410. The van der Waals surface area contributed by atoms with Crippen molar-refractivity contribution in [2.45, 2.75) is 83.7 Å². The summed E-state index contributed by atoms with van der Waals surface area (Å²) in [6.07, 6.45) is 11.3. The van der Waals surface area contributed by atoms with Gasteiger partial charge in [0.2, 0.25) is 0 Å². The summed E-state index contributed by atoms with van der Waals surface area (Å²) in [6.45, 7) is 4.98. The second-order valence-electron chi connectivity index (χ2n) is 10.3. The van der Waals surface area contributed by atoms with E-state index < -0.39 is 5.60 Å². The van der Waals surface area contributed by atoms with Gasteiger partial charge in [0.05, 0.1) is 12.2 Å². The average Bonchev–Trinajstić information content (AvgIpc) is 2.98. The van der Waals surface area contributed by atoms with Crippen LogP contribution in [0, 0.1) is 40.9 Å². The highest BCUT2D eigenvalue weighted by molar-refractivity contribution is 5.81. The largest absolute Gasteiger partial charge is 0.387 e. The summed E-state index contributed by atoms with van der Waals surface area (Å²) in [4.78, 5) is 12.6. The summed E-state index contributed by atoms with van der Waals surface area (Å²) in [6, 6.07) is 0. The monoisotopic (exact) mass is 362 g/mol. The van der Waals surface area contributed by atoms with Crippen LogP contribution < -0.4 is 0 Å². The molecule has 0 radical (unpaired) electrons. The highest BCUT2D eigenvalue weighted by Crippen LogP contribution is 2.64. The van der Waals surface area contributed by atoms with Gasteiger partial charge in [-0.3, -0.25) is 4.79 Å². The van der Waals surface area contributed by atoms with Crippen LogP contribution in [0.4, 0.5) is 0 Å². The Balaban J connectivity index is 1.50. The lowest BCUT2D eigenvalue weighted by Crippen LogP contribution is -2.52. The Kier molecular flexibility index (Phi) is 5.01. The van der Waals surface area contributed by atoms with E-state index in [1.54, 1.807) is 7.11 Å². The van der Waals surface area contributed by atoms with E-state index >= 15 is 0 Å². The lowest BCUT2D eigenvalue weighted by molar-refractivity contribution is -0.136. The molecule has 0 amide bonds. The fourth-order valence-corrected chi connectivity index (χ4v) is 8.14. The first-order chi connectivity index (χ1) is 12.4. The summed E-state index contributed by atoms with van der Waals surface area (Å²) in [5.74, 6) is 4.77. The standard InChI is InChI=1S/C23H38O3/c1-4-21(24)20-8-7-19-18-6-5-15-13-23(25,14-26-3)12-10-16(15)17(18)9-11-22(19,20)2/h15-20,25H,4-14H2,1-3H3/t15-,16+,17-,18-,19+,20-,22+,23-/m1/s1. The van der Waals surface area contributed by atoms with Crippen LogP contribution in [0.1, 0.15) is 78.1 Å². The van der Waals surface area contributed by atoms with Crippen LogP contribution in [0.15, 0.2) is 0 Å². The Morgan fingerprint density at radius 2 is 1.81 bits per heavy atom. The van der Waals surface area contributed by atoms with Crippen LogP contribution in [-0.4, -0.2) is 30.2 Å². The summed E-state index contributed by atoms with van der Waals surface area (Å²) < 4.78 is 5.30. The van der Waals surface area contributed by atoms with Crippen molar-refractivity contribution in [3.8, 4) is 0 Å². The number of rotatable bonds is 4. The topological polar surface area (TPSA) is 46.5 Å². The first-order valence-corrected chi connectivity index (χ1v) is 11.2. The molecule has 0 aliphatic heterocycles. The summed E-state index contributed by atoms with van der Waals surface area (Å²) in [5.41, 5.74) is -0.315. The zero-order valence-electron chi connectivity index (χ0n) is 17.0. The van der Waals surface area contributed by atoms with Crippen molar-refractivity contribution in [1.29, 1.82) is 0 Å². The molecule has 4 fully saturated rings. The van der Waals surface area contributed by atoms with E-state index in [1.807, 2.05) is 6.92 Å². The zero-order valence-corrected chi connectivity index (χ0v) is 17.0. The number of hydrogen-bond donors (Lipinski definition) is 1. The fourth-order valence-electron chi connectivity index (χ4n) is 8.14. The van der Waals surface area contributed by atoms with Gasteiger partial charge in [-0.25, -0.2) is 0 Å². The van der Waals surface area contributed by atoms with E-state index in [9.17, 15) is 9.90 Å². The molecule has 0 saturated heterocycles. The zero-order chi connectivity index (χ0) is 18.5. The Morgan fingerprint density at radius 3 is 2.54 bits per heavy atom. The number of fused-ring (bicyclic) bond motifs is 5. The molecule has 0 aromatic carbocycles. The first-order valence-electron chi connectivity index (χ1n) is 11.2. The molecule has 148 valence electrons. The molecule has 4 saturated carbocycles. The van der Waals surface area contributed by atoms with Crippen molar-refractivity contribution in [2.24, 2.45) is 40.9 Å². The third-order valence-electron chi connectivity index (χ3n) is 9.25. The molecular formula is C23H38O3. The molecule has 0 spiro atoms. The predicted octanol–water partition coefficient (Wildman–Crippen LogP) is 4.61. The molecule has 4 rings (SSSR count). The Morgan fingerprint density at radius 1 is 1.04 bits per heavy atom. The maximum absolute atomic E-state index is 12.6. The summed E-state index contributed by atoms with van der Waals surface area (Å²) >= 11 is 0. The van der Waals surface area contributed by atoms with Crippen LogP contribution in [0.2, 0.25) is 0 Å². The van der Waals surface area contributed by atoms with Crippen LogP contribution >= 0.6 is 0 Å². The number of carbonyl (C=O) groups excluding carboxylic acids is 1. The third kappa shape index (κ3) is 2.89. The van der Waals surface area contributed by atoms with Crippen LogP contribution in [0.5, 0.6) is 0 Å². The van der Waals surface area contributed by atoms with Crippen molar-refractivity contribution in [1.82, 2.24) is 0 Å². The van der Waals surface area contributed by atoms with Gasteiger partial charge in [0.25, 0.3) is 0 Å². The number of methoxy groups -OCH3 is 1. The fraction of sp³-hybridized carbons (Fsp3) is 0.957. The maximum Gasteiger partial charge on any atom is 0.136 e. The predicted molar refractivity (Wildman–Crippen MR) is 103 cm³/mol. The van der Waals surface area contributed by atoms with Gasteiger partial charge in [-0.1, -0.05) is 13.8 Å². The number of hydrogen-bond acceptors (Lipinski definition) is 3. The van der Waals surface area contributed by atoms with E-state index in [1.165, 1.54) is 38.5 Å². The molecule has 0 aromatic heterocycles. The SMILES string of the molecule is CCC(=O)[C@H]1CC[C@H]2[C@@H]3CC[C@@H]4C[C@@](O)(COC)CC[C@@H]4[C@H]3CC[C@]12C. The smallest absolute Gasteiger partial charge is 0.136 e. The van der Waals surface area contributed by atoms with Gasteiger partial charge >= 0.3 is 0 Å². The third-order valence-corrected chi connectivity index (χ3v) is 9.25. The second kappa shape index (κ2) is 6.88. The van der Waals surface area contributed by atoms with Crippen LogP contribution in [0.3, 0.4) is 0 Å². The number of ketones is 1. The van der Waals surface area contributed by atoms with E-state index in [-0.39, 0.29) is 5.41 Å². The lowest BCUT2D eigenvalue weighted by atomic mass is 9.49. The summed E-state index contributed by atoms with van der Waals surface area (Å²) in [5, 5.41) is 10.9. The van der Waals surface area contributed by atoms with Crippen molar-refractivity contribution >= 4 is 5.78 Å². The van der Waals surface area contributed by atoms with Crippen molar-refractivity contribution in [3.63, 3.8) is 0 Å². The minimum absolute atomic E-state index is 0.270. The molecule has 0 bridgehead atoms. The molecule has 4 aliphatic rings. The first kappa shape index (κ1) is 18.9. The molecule has 3 heteroatoms. The normalized spacial score (nSPS) is 50.6. The number of carbonyl (C=O) groups is 1. The van der Waals surface area contributed by atoms with Gasteiger partial charge in [0.15, 0.2) is 0 Å². The van der Waals surface area contributed by atoms with Crippen molar-refractivity contribution in [3.05, 3.63) is 0 Å². The molecule has 0 unspecified atom stereocenters. The highest BCUT2D eigenvalue weighted by Gasteiger charge is 2.58. The van der Waals surface area contributed by atoms with E-state index in [2.05, 4.69) is 6.92 Å². The number of ether oxygens (including phenoxy) is 1. The molecule has 1 N–H and O–H groups in total. The Bertz CT molecular complexity index is 546. The number of Topliss-reactive ketones (excluding diaryl/α,β-unsaturated/α-hetero) is 1. The van der Waals surface area contributed by atoms with E-state index in [0.29, 0.717) is 30.6 Å². The molecule has 4 aliphatic carbocycles. The van der Waals surface area contributed by atoms with Crippen LogP contribution in [0.25, 0.3) is 0 Å². The second-order valence-corrected chi connectivity index (χ2v) is 10.3. The van der Waals surface area contributed by atoms with E-state index in [4.69, 9.17) is 4.74 Å². The molecule has 0 aromatic rings. The maximum atomic E-state index is 12.6. The van der Waals surface area contributed by atoms with Gasteiger partial charge in [-0.2, -0.15) is 0 Å². The van der Waals surface area contributed by atoms with Gasteiger partial charge < -0.3 is 9.84 Å². The molecular weight excluding hydrogens is 324 g/mol. The molecule has 0 heterocycles. The van der Waals surface area contributed by atoms with Gasteiger partial charge in [-0.05, 0) is 92.8 Å². The van der Waals surface area contributed by atoms with Gasteiger partial charge in [-0.15, -0.1) is 0 Å². The van der Waals surface area contributed by atoms with Gasteiger partial charge in [0, 0.05) is 19.4 Å². The quantitative estimate of drug-likeness (QED) is 0.794. The molecule has 8 atom stereocenters. The van der Waals surface area contributed by atoms with Crippen molar-refractivity contribution in [2.75, 3.05) is 13.7 Å². The molecule has 26 heavy (non-hydrogen) atoms. The summed E-state index contributed by atoms with van der Waals surface area (Å²) in [7, 11) is 1.71. The van der Waals surface area contributed by atoms with Crippen molar-refractivity contribution < 1.29 is 14.6 Å². The minimum Gasteiger partial charge on any atom is -0.387 e.